The lowest BCUT2D eigenvalue weighted by Crippen LogP contribution is -2.47. The molecule has 0 aliphatic carbocycles. The smallest absolute Gasteiger partial charge is 0.241 e. The lowest BCUT2D eigenvalue weighted by atomic mass is 10.0. The van der Waals surface area contributed by atoms with Crippen molar-refractivity contribution < 1.29 is 4.79 Å². The van der Waals surface area contributed by atoms with Gasteiger partial charge in [-0.05, 0) is 31.4 Å². The fourth-order valence-electron chi connectivity index (χ4n) is 3.12. The third-order valence-electron chi connectivity index (χ3n) is 4.51. The minimum Gasteiger partial charge on any atom is -0.335 e. The zero-order chi connectivity index (χ0) is 16.9. The molecule has 0 aromatic heterocycles. The molecule has 0 radical (unpaired) electrons. The van der Waals surface area contributed by atoms with Gasteiger partial charge in [0.1, 0.15) is 6.04 Å². The van der Waals surface area contributed by atoms with Crippen LogP contribution in [0.2, 0.25) is 0 Å². The molecule has 1 aliphatic rings. The summed E-state index contributed by atoms with van der Waals surface area (Å²) in [6, 6.07) is 20.6. The molecule has 2 aromatic carbocycles. The van der Waals surface area contributed by atoms with Gasteiger partial charge in [0, 0.05) is 18.6 Å². The summed E-state index contributed by atoms with van der Waals surface area (Å²) in [5.41, 5.74) is 8.81. The molecule has 4 nitrogen and oxygen atoms in total. The van der Waals surface area contributed by atoms with Crippen molar-refractivity contribution in [2.75, 3.05) is 0 Å². The minimum atomic E-state index is -0.193. The molecule has 126 valence electrons. The molecule has 1 aliphatic heterocycles. The summed E-state index contributed by atoms with van der Waals surface area (Å²) >= 11 is 0. The number of nitrogens with zero attached hydrogens (tertiary/aromatic N) is 1. The van der Waals surface area contributed by atoms with Crippen molar-refractivity contribution in [1.82, 2.24) is 15.8 Å². The molecule has 2 unspecified atom stereocenters. The van der Waals surface area contributed by atoms with Crippen molar-refractivity contribution in [1.29, 1.82) is 0 Å². The Morgan fingerprint density at radius 1 is 1.04 bits per heavy atom. The van der Waals surface area contributed by atoms with Crippen LogP contribution in [-0.4, -0.2) is 22.9 Å². The maximum absolute atomic E-state index is 13.0. The van der Waals surface area contributed by atoms with Gasteiger partial charge in [-0.2, -0.15) is 0 Å². The Morgan fingerprint density at radius 2 is 1.67 bits per heavy atom. The predicted octanol–water partition coefficient (Wildman–Crippen LogP) is 3.03. The fourth-order valence-corrected chi connectivity index (χ4v) is 3.12. The second-order valence-corrected chi connectivity index (χ2v) is 6.59. The molecule has 1 saturated heterocycles. The third kappa shape index (κ3) is 3.83. The van der Waals surface area contributed by atoms with Crippen LogP contribution in [0.4, 0.5) is 0 Å². The Labute approximate surface area is 143 Å². The van der Waals surface area contributed by atoms with Crippen molar-refractivity contribution in [3.63, 3.8) is 0 Å². The second-order valence-electron chi connectivity index (χ2n) is 6.59. The minimum absolute atomic E-state index is 0.153. The Morgan fingerprint density at radius 3 is 2.29 bits per heavy atom. The first-order chi connectivity index (χ1) is 11.6. The van der Waals surface area contributed by atoms with Crippen LogP contribution in [-0.2, 0) is 11.3 Å². The highest BCUT2D eigenvalue weighted by atomic mass is 16.2. The van der Waals surface area contributed by atoms with Crippen molar-refractivity contribution in [2.24, 2.45) is 0 Å². The Bertz CT molecular complexity index is 657. The monoisotopic (exact) mass is 323 g/mol. The fraction of sp³-hybridized carbons (Fsp3) is 0.350. The van der Waals surface area contributed by atoms with Gasteiger partial charge in [-0.1, -0.05) is 60.7 Å². The van der Waals surface area contributed by atoms with Crippen LogP contribution in [0.5, 0.6) is 0 Å². The first-order valence-electron chi connectivity index (χ1n) is 8.55. The Hall–Kier alpha value is -2.17. The standard InChI is InChI=1S/C20H25N3O/c1-15(2)23(14-16-9-5-3-6-10-16)20(24)19-13-18(21-22-19)17-11-7-4-8-12-17/h3-12,15,18-19,21-22H,13-14H2,1-2H3. The highest BCUT2D eigenvalue weighted by molar-refractivity contribution is 5.82. The lowest BCUT2D eigenvalue weighted by Gasteiger charge is -2.29. The summed E-state index contributed by atoms with van der Waals surface area (Å²) < 4.78 is 0. The number of carbonyl (C=O) groups excluding carboxylic acids is 1. The van der Waals surface area contributed by atoms with Crippen molar-refractivity contribution in [3.8, 4) is 0 Å². The molecule has 1 heterocycles. The number of hydrogen-bond acceptors (Lipinski definition) is 3. The molecule has 2 aromatic rings. The normalized spacial score (nSPS) is 20.3. The van der Waals surface area contributed by atoms with Crippen molar-refractivity contribution in [3.05, 3.63) is 71.8 Å². The lowest BCUT2D eigenvalue weighted by molar-refractivity contribution is -0.135. The Balaban J connectivity index is 1.67. The molecule has 0 bridgehead atoms. The molecule has 1 amide bonds. The van der Waals surface area contributed by atoms with Crippen LogP contribution in [0.1, 0.15) is 37.4 Å². The van der Waals surface area contributed by atoms with E-state index in [9.17, 15) is 4.79 Å². The molecular weight excluding hydrogens is 298 g/mol. The van der Waals surface area contributed by atoms with Gasteiger partial charge in [-0.15, -0.1) is 0 Å². The van der Waals surface area contributed by atoms with Crippen LogP contribution in [0, 0.1) is 0 Å². The van der Waals surface area contributed by atoms with Gasteiger partial charge in [-0.3, -0.25) is 4.79 Å². The number of nitrogens with one attached hydrogen (secondary N) is 2. The maximum Gasteiger partial charge on any atom is 0.241 e. The zero-order valence-electron chi connectivity index (χ0n) is 14.3. The van der Waals surface area contributed by atoms with E-state index >= 15 is 0 Å². The van der Waals surface area contributed by atoms with Gasteiger partial charge in [-0.25, -0.2) is 10.9 Å². The number of amides is 1. The van der Waals surface area contributed by atoms with Gasteiger partial charge in [0.25, 0.3) is 0 Å². The molecule has 2 N–H and O–H groups in total. The van der Waals surface area contributed by atoms with E-state index in [0.717, 1.165) is 12.0 Å². The number of benzene rings is 2. The summed E-state index contributed by atoms with van der Waals surface area (Å²) in [6.45, 7) is 4.78. The van der Waals surface area contributed by atoms with E-state index in [1.807, 2.05) is 41.3 Å². The SMILES string of the molecule is CC(C)N(Cc1ccccc1)C(=O)C1CC(c2ccccc2)NN1. The number of hydrogen-bond donors (Lipinski definition) is 2. The van der Waals surface area contributed by atoms with Gasteiger partial charge in [0.2, 0.25) is 5.91 Å². The second kappa shape index (κ2) is 7.60. The van der Waals surface area contributed by atoms with E-state index in [1.165, 1.54) is 5.56 Å². The average Bonchev–Trinajstić information content (AvgIpc) is 3.11. The molecule has 2 atom stereocenters. The topological polar surface area (TPSA) is 44.4 Å². The summed E-state index contributed by atoms with van der Waals surface area (Å²) in [6.07, 6.45) is 0.765. The van der Waals surface area contributed by atoms with Crippen LogP contribution in [0.25, 0.3) is 0 Å². The molecular formula is C20H25N3O. The molecule has 0 saturated carbocycles. The van der Waals surface area contributed by atoms with Gasteiger partial charge >= 0.3 is 0 Å². The number of carbonyl (C=O) groups is 1. The first-order valence-corrected chi connectivity index (χ1v) is 8.55. The van der Waals surface area contributed by atoms with E-state index in [1.54, 1.807) is 0 Å². The molecule has 24 heavy (non-hydrogen) atoms. The van der Waals surface area contributed by atoms with Gasteiger partial charge in [0.05, 0.1) is 0 Å². The molecule has 1 fully saturated rings. The summed E-state index contributed by atoms with van der Waals surface area (Å²) in [5.74, 6) is 0.153. The first kappa shape index (κ1) is 16.7. The highest BCUT2D eigenvalue weighted by Crippen LogP contribution is 2.23. The summed E-state index contributed by atoms with van der Waals surface area (Å²) in [7, 11) is 0. The van der Waals surface area contributed by atoms with E-state index in [2.05, 4.69) is 49.0 Å². The van der Waals surface area contributed by atoms with Crippen molar-refractivity contribution in [2.45, 2.75) is 44.9 Å². The van der Waals surface area contributed by atoms with E-state index in [0.29, 0.717) is 6.54 Å². The maximum atomic E-state index is 13.0. The van der Waals surface area contributed by atoms with Gasteiger partial charge < -0.3 is 4.90 Å². The van der Waals surface area contributed by atoms with E-state index < -0.39 is 0 Å². The van der Waals surface area contributed by atoms with E-state index in [4.69, 9.17) is 0 Å². The van der Waals surface area contributed by atoms with Crippen molar-refractivity contribution >= 4 is 5.91 Å². The third-order valence-corrected chi connectivity index (χ3v) is 4.51. The predicted molar refractivity (Wildman–Crippen MR) is 96.0 cm³/mol. The molecule has 4 heteroatoms. The van der Waals surface area contributed by atoms with Crippen LogP contribution >= 0.6 is 0 Å². The summed E-state index contributed by atoms with van der Waals surface area (Å²) in [4.78, 5) is 14.9. The largest absolute Gasteiger partial charge is 0.335 e. The van der Waals surface area contributed by atoms with Gasteiger partial charge in [0.15, 0.2) is 0 Å². The zero-order valence-corrected chi connectivity index (χ0v) is 14.3. The molecule has 0 spiro atoms. The van der Waals surface area contributed by atoms with Crippen LogP contribution in [0.15, 0.2) is 60.7 Å². The van der Waals surface area contributed by atoms with E-state index in [-0.39, 0.29) is 24.0 Å². The number of hydrazine groups is 1. The average molecular weight is 323 g/mol. The Kier molecular flexibility index (Phi) is 5.28. The number of rotatable bonds is 5. The molecule has 3 rings (SSSR count). The van der Waals surface area contributed by atoms with Crippen LogP contribution < -0.4 is 10.9 Å². The van der Waals surface area contributed by atoms with Crippen LogP contribution in [0.3, 0.4) is 0 Å². The highest BCUT2D eigenvalue weighted by Gasteiger charge is 2.33. The summed E-state index contributed by atoms with van der Waals surface area (Å²) in [5, 5.41) is 0. The quantitative estimate of drug-likeness (QED) is 0.889.